The van der Waals surface area contributed by atoms with Crippen molar-refractivity contribution >= 4 is 0 Å². The van der Waals surface area contributed by atoms with E-state index < -0.39 is 5.60 Å². The monoisotopic (exact) mass is 291 g/mol. The third-order valence-electron chi connectivity index (χ3n) is 4.64. The van der Waals surface area contributed by atoms with Crippen LogP contribution in [0.3, 0.4) is 0 Å². The minimum Gasteiger partial charge on any atom is -0.388 e. The highest BCUT2D eigenvalue weighted by molar-refractivity contribution is 5.09. The van der Waals surface area contributed by atoms with E-state index in [4.69, 9.17) is 4.74 Å². The van der Waals surface area contributed by atoms with Crippen LogP contribution in [0.15, 0.2) is 12.4 Å². The van der Waals surface area contributed by atoms with E-state index in [1.807, 2.05) is 13.1 Å². The largest absolute Gasteiger partial charge is 0.388 e. The van der Waals surface area contributed by atoms with Gasteiger partial charge in [-0.3, -0.25) is 14.9 Å². The van der Waals surface area contributed by atoms with Crippen LogP contribution in [-0.4, -0.2) is 58.4 Å². The number of rotatable bonds is 3. The van der Waals surface area contributed by atoms with Gasteiger partial charge in [0, 0.05) is 57.5 Å². The van der Waals surface area contributed by atoms with E-state index >= 15 is 0 Å². The minimum absolute atomic E-state index is 0.439. The first-order chi connectivity index (χ1) is 10.1. The molecule has 5 heteroatoms. The Hall–Kier alpha value is -1.04. The molecule has 0 bridgehead atoms. The second-order valence-electron chi connectivity index (χ2n) is 6.50. The molecule has 2 aliphatic rings. The van der Waals surface area contributed by atoms with E-state index in [0.29, 0.717) is 19.1 Å². The lowest BCUT2D eigenvalue weighted by atomic mass is 9.90. The fourth-order valence-corrected chi connectivity index (χ4v) is 3.45. The molecule has 0 unspecified atom stereocenters. The van der Waals surface area contributed by atoms with Gasteiger partial charge in [-0.2, -0.15) is 0 Å². The normalized spacial score (nSPS) is 26.7. The van der Waals surface area contributed by atoms with E-state index in [0.717, 1.165) is 56.7 Å². The summed E-state index contributed by atoms with van der Waals surface area (Å²) in [5, 5.41) is 10.7. The van der Waals surface area contributed by atoms with Gasteiger partial charge in [0.1, 0.15) is 0 Å². The summed E-state index contributed by atoms with van der Waals surface area (Å²) in [6.45, 7) is 6.14. The molecule has 0 spiro atoms. The number of piperidine rings is 1. The van der Waals surface area contributed by atoms with Crippen LogP contribution in [-0.2, 0) is 4.74 Å². The number of hydrogen-bond donors (Lipinski definition) is 1. The van der Waals surface area contributed by atoms with Crippen molar-refractivity contribution in [3.05, 3.63) is 23.8 Å². The van der Waals surface area contributed by atoms with Crippen LogP contribution in [0.1, 0.15) is 43.0 Å². The number of nitrogens with zero attached hydrogens (tertiary/aromatic N) is 3. The lowest BCUT2D eigenvalue weighted by molar-refractivity contribution is -0.0824. The van der Waals surface area contributed by atoms with Crippen LogP contribution >= 0.6 is 0 Å². The van der Waals surface area contributed by atoms with Gasteiger partial charge in [0.05, 0.1) is 17.0 Å². The summed E-state index contributed by atoms with van der Waals surface area (Å²) in [5.74, 6) is 0.439. The molecule has 1 atom stereocenters. The van der Waals surface area contributed by atoms with Crippen molar-refractivity contribution in [2.75, 3.05) is 32.8 Å². The summed E-state index contributed by atoms with van der Waals surface area (Å²) in [6, 6.07) is 0. The van der Waals surface area contributed by atoms with Gasteiger partial charge in [-0.15, -0.1) is 0 Å². The quantitative estimate of drug-likeness (QED) is 0.914. The number of aromatic nitrogens is 2. The average molecular weight is 291 g/mol. The Morgan fingerprint density at radius 1 is 1.38 bits per heavy atom. The van der Waals surface area contributed by atoms with Crippen molar-refractivity contribution in [3.8, 4) is 0 Å². The summed E-state index contributed by atoms with van der Waals surface area (Å²) in [4.78, 5) is 11.3. The van der Waals surface area contributed by atoms with E-state index in [9.17, 15) is 5.11 Å². The van der Waals surface area contributed by atoms with Crippen molar-refractivity contribution in [1.29, 1.82) is 0 Å². The average Bonchev–Trinajstić information content (AvgIpc) is 2.48. The number of ether oxygens (including phenoxy) is 1. The van der Waals surface area contributed by atoms with Gasteiger partial charge >= 0.3 is 0 Å². The van der Waals surface area contributed by atoms with Crippen LogP contribution in [0.4, 0.5) is 0 Å². The van der Waals surface area contributed by atoms with Gasteiger partial charge in [-0.25, -0.2) is 0 Å². The molecule has 2 saturated heterocycles. The van der Waals surface area contributed by atoms with Crippen LogP contribution in [0, 0.1) is 6.92 Å². The maximum absolute atomic E-state index is 10.7. The fraction of sp³-hybridized carbons (Fsp3) is 0.750. The smallest absolute Gasteiger partial charge is 0.0817 e. The Morgan fingerprint density at radius 3 is 2.95 bits per heavy atom. The summed E-state index contributed by atoms with van der Waals surface area (Å²) < 4.78 is 5.36. The maximum atomic E-state index is 10.7. The highest BCUT2D eigenvalue weighted by Gasteiger charge is 2.34. The molecular formula is C16H25N3O2. The van der Waals surface area contributed by atoms with E-state index in [-0.39, 0.29) is 0 Å². The van der Waals surface area contributed by atoms with Gasteiger partial charge in [-0.05, 0) is 26.3 Å². The van der Waals surface area contributed by atoms with Crippen molar-refractivity contribution in [2.24, 2.45) is 0 Å². The molecule has 116 valence electrons. The predicted octanol–water partition coefficient (Wildman–Crippen LogP) is 1.51. The molecule has 1 aromatic rings. The number of likely N-dealkylation sites (tertiary alicyclic amines) is 1. The number of hydrogen-bond acceptors (Lipinski definition) is 5. The van der Waals surface area contributed by atoms with Crippen LogP contribution < -0.4 is 0 Å². The third kappa shape index (κ3) is 3.78. The highest BCUT2D eigenvalue weighted by Crippen LogP contribution is 2.28. The lowest BCUT2D eigenvalue weighted by Gasteiger charge is -2.40. The van der Waals surface area contributed by atoms with Crippen molar-refractivity contribution < 1.29 is 9.84 Å². The van der Waals surface area contributed by atoms with Crippen LogP contribution in [0.5, 0.6) is 0 Å². The van der Waals surface area contributed by atoms with Gasteiger partial charge in [0.2, 0.25) is 0 Å². The number of aryl methyl sites for hydroxylation is 1. The van der Waals surface area contributed by atoms with Crippen molar-refractivity contribution in [2.45, 2.75) is 44.1 Å². The molecule has 0 amide bonds. The van der Waals surface area contributed by atoms with Crippen molar-refractivity contribution in [3.63, 3.8) is 0 Å². The predicted molar refractivity (Wildman–Crippen MR) is 80.2 cm³/mol. The van der Waals surface area contributed by atoms with Crippen LogP contribution in [0.2, 0.25) is 0 Å². The molecule has 1 N–H and O–H groups in total. The zero-order chi connectivity index (χ0) is 14.7. The number of aliphatic hydroxyl groups is 1. The topological polar surface area (TPSA) is 58.5 Å². The van der Waals surface area contributed by atoms with E-state index in [1.54, 1.807) is 6.20 Å². The molecule has 5 nitrogen and oxygen atoms in total. The second-order valence-corrected chi connectivity index (χ2v) is 6.50. The molecular weight excluding hydrogens is 266 g/mol. The Bertz CT molecular complexity index is 474. The molecule has 0 radical (unpaired) electrons. The molecule has 0 aliphatic carbocycles. The van der Waals surface area contributed by atoms with Gasteiger partial charge < -0.3 is 9.84 Å². The van der Waals surface area contributed by atoms with Crippen LogP contribution in [0.25, 0.3) is 0 Å². The molecule has 1 aromatic heterocycles. The third-order valence-corrected chi connectivity index (χ3v) is 4.64. The lowest BCUT2D eigenvalue weighted by Crippen LogP contribution is -2.49. The van der Waals surface area contributed by atoms with Gasteiger partial charge in [-0.1, -0.05) is 0 Å². The first-order valence-electron chi connectivity index (χ1n) is 7.96. The minimum atomic E-state index is -0.571. The van der Waals surface area contributed by atoms with Gasteiger partial charge in [0.15, 0.2) is 0 Å². The van der Waals surface area contributed by atoms with E-state index in [2.05, 4.69) is 14.9 Å². The molecule has 3 heterocycles. The summed E-state index contributed by atoms with van der Waals surface area (Å²) in [7, 11) is 0. The van der Waals surface area contributed by atoms with Gasteiger partial charge in [0.25, 0.3) is 0 Å². The zero-order valence-corrected chi connectivity index (χ0v) is 12.8. The maximum Gasteiger partial charge on any atom is 0.0817 e. The first-order valence-corrected chi connectivity index (χ1v) is 7.96. The Morgan fingerprint density at radius 2 is 2.19 bits per heavy atom. The summed E-state index contributed by atoms with van der Waals surface area (Å²) in [6.07, 6.45) is 7.51. The molecule has 2 aliphatic heterocycles. The molecule has 3 rings (SSSR count). The second kappa shape index (κ2) is 6.38. The first kappa shape index (κ1) is 14.9. The fourth-order valence-electron chi connectivity index (χ4n) is 3.45. The zero-order valence-electron chi connectivity index (χ0n) is 12.8. The summed E-state index contributed by atoms with van der Waals surface area (Å²) in [5.41, 5.74) is 1.50. The Labute approximate surface area is 126 Å². The SMILES string of the molecule is Cc1cncc([C@@H]2CCCN(CC3(O)CCOCC3)C2)n1. The standard InChI is InChI=1S/C16H25N3O2/c1-13-9-17-10-15(18-13)14-3-2-6-19(11-14)12-16(20)4-7-21-8-5-16/h9-10,14,20H,2-8,11-12H2,1H3/t14-/m1/s1. The Kier molecular flexibility index (Phi) is 4.52. The molecule has 2 fully saturated rings. The molecule has 0 aromatic carbocycles. The summed E-state index contributed by atoms with van der Waals surface area (Å²) >= 11 is 0. The van der Waals surface area contributed by atoms with Crippen molar-refractivity contribution in [1.82, 2.24) is 14.9 Å². The molecule has 0 saturated carbocycles. The van der Waals surface area contributed by atoms with E-state index in [1.165, 1.54) is 0 Å². The number of β-amino-alcohol motifs (C(OH)–C–C–N with tert-alkyl or cyclic N) is 1. The molecule has 21 heavy (non-hydrogen) atoms. The highest BCUT2D eigenvalue weighted by atomic mass is 16.5. The Balaban J connectivity index is 1.63.